The maximum absolute atomic E-state index is 10.6. The molecular weight excluding hydrogens is 236 g/mol. The molecule has 0 amide bonds. The topological polar surface area (TPSA) is 37.3 Å². The van der Waals surface area contributed by atoms with Gasteiger partial charge in [-0.2, -0.15) is 0 Å². The minimum atomic E-state index is -1.12. The number of aliphatic carboxylic acids is 1. The van der Waals surface area contributed by atoms with Crippen LogP contribution in [-0.2, 0) is 4.79 Å². The maximum Gasteiger partial charge on any atom is 0.382 e. The van der Waals surface area contributed by atoms with Gasteiger partial charge in [0.2, 0.25) is 0 Å². The normalized spacial score (nSPS) is 9.58. The van der Waals surface area contributed by atoms with Crippen LogP contribution in [0, 0.1) is 25.7 Å². The smallest absolute Gasteiger partial charge is 0.382 e. The van der Waals surface area contributed by atoms with Crippen LogP contribution < -0.4 is 0 Å². The summed E-state index contributed by atoms with van der Waals surface area (Å²) in [5.74, 6) is 3.75. The molecule has 2 heteroatoms. The van der Waals surface area contributed by atoms with E-state index in [1.165, 1.54) is 11.1 Å². The Kier molecular flexibility index (Phi) is 3.68. The molecule has 2 aromatic carbocycles. The van der Waals surface area contributed by atoms with Crippen molar-refractivity contribution in [2.75, 3.05) is 0 Å². The zero-order valence-electron chi connectivity index (χ0n) is 10.9. The van der Waals surface area contributed by atoms with Gasteiger partial charge in [-0.15, -0.1) is 0 Å². The van der Waals surface area contributed by atoms with E-state index in [0.29, 0.717) is 0 Å². The molecule has 0 saturated heterocycles. The van der Waals surface area contributed by atoms with E-state index in [2.05, 4.69) is 30.0 Å². The van der Waals surface area contributed by atoms with Crippen LogP contribution in [0.3, 0.4) is 0 Å². The standard InChI is InChI=1S/C17H14O2/c1-12-9-13(2)11-15(10-12)16-6-4-3-5-14(16)7-8-17(18)19/h3-6,9-11H,1-2H3,(H,18,19). The van der Waals surface area contributed by atoms with E-state index >= 15 is 0 Å². The predicted octanol–water partition coefficient (Wildman–Crippen LogP) is 3.41. The van der Waals surface area contributed by atoms with Gasteiger partial charge in [0.15, 0.2) is 0 Å². The van der Waals surface area contributed by atoms with Gasteiger partial charge in [0.1, 0.15) is 0 Å². The average Bonchev–Trinajstić information content (AvgIpc) is 2.35. The second-order valence-electron chi connectivity index (χ2n) is 4.48. The molecule has 1 N–H and O–H groups in total. The van der Waals surface area contributed by atoms with Gasteiger partial charge in [0.25, 0.3) is 0 Å². The van der Waals surface area contributed by atoms with E-state index in [1.54, 1.807) is 0 Å². The summed E-state index contributed by atoms with van der Waals surface area (Å²) in [6.07, 6.45) is 0. The minimum Gasteiger partial charge on any atom is -0.472 e. The van der Waals surface area contributed by atoms with Crippen LogP contribution >= 0.6 is 0 Å². The molecule has 0 atom stereocenters. The first-order valence-corrected chi connectivity index (χ1v) is 5.99. The van der Waals surface area contributed by atoms with Crippen LogP contribution in [0.5, 0.6) is 0 Å². The zero-order chi connectivity index (χ0) is 13.8. The molecule has 0 aromatic heterocycles. The van der Waals surface area contributed by atoms with Gasteiger partial charge in [-0.05, 0) is 31.0 Å². The molecule has 0 bridgehead atoms. The summed E-state index contributed by atoms with van der Waals surface area (Å²) in [5, 5.41) is 8.65. The number of rotatable bonds is 1. The molecular formula is C17H14O2. The molecule has 0 aliphatic heterocycles. The minimum absolute atomic E-state index is 0.731. The van der Waals surface area contributed by atoms with Gasteiger partial charge in [0, 0.05) is 11.5 Å². The Balaban J connectivity index is 2.57. The third-order valence-electron chi connectivity index (χ3n) is 2.76. The first-order valence-electron chi connectivity index (χ1n) is 5.99. The largest absolute Gasteiger partial charge is 0.472 e. The van der Waals surface area contributed by atoms with Gasteiger partial charge in [-0.1, -0.05) is 53.4 Å². The van der Waals surface area contributed by atoms with Gasteiger partial charge < -0.3 is 5.11 Å². The molecule has 0 fully saturated rings. The summed E-state index contributed by atoms with van der Waals surface area (Å²) in [7, 11) is 0. The summed E-state index contributed by atoms with van der Waals surface area (Å²) in [4.78, 5) is 10.6. The van der Waals surface area contributed by atoms with Crippen LogP contribution in [0.15, 0.2) is 42.5 Å². The van der Waals surface area contributed by atoms with E-state index in [1.807, 2.05) is 38.1 Å². The number of carboxylic acid groups (broad SMARTS) is 1. The quantitative estimate of drug-likeness (QED) is 0.787. The van der Waals surface area contributed by atoms with Crippen molar-refractivity contribution in [3.8, 4) is 23.0 Å². The van der Waals surface area contributed by atoms with Crippen LogP contribution in [0.25, 0.3) is 11.1 Å². The zero-order valence-corrected chi connectivity index (χ0v) is 10.9. The van der Waals surface area contributed by atoms with Crippen LogP contribution in [0.4, 0.5) is 0 Å². The van der Waals surface area contributed by atoms with Crippen LogP contribution in [-0.4, -0.2) is 11.1 Å². The number of benzene rings is 2. The SMILES string of the molecule is Cc1cc(C)cc(-c2ccccc2C#CC(=O)O)c1. The molecule has 0 radical (unpaired) electrons. The summed E-state index contributed by atoms with van der Waals surface area (Å²) in [6, 6.07) is 13.8. The Morgan fingerprint density at radius 1 is 1.05 bits per heavy atom. The van der Waals surface area contributed by atoms with Gasteiger partial charge in [-0.3, -0.25) is 0 Å². The fraction of sp³-hybridized carbons (Fsp3) is 0.118. The third kappa shape index (κ3) is 3.23. The average molecular weight is 250 g/mol. The number of aryl methyl sites for hydroxylation is 2. The van der Waals surface area contributed by atoms with E-state index < -0.39 is 5.97 Å². The van der Waals surface area contributed by atoms with Crippen molar-refractivity contribution in [3.05, 3.63) is 59.2 Å². The molecule has 0 saturated carbocycles. The first-order chi connectivity index (χ1) is 9.06. The van der Waals surface area contributed by atoms with Crippen molar-refractivity contribution in [3.63, 3.8) is 0 Å². The summed E-state index contributed by atoms with van der Waals surface area (Å²) in [6.45, 7) is 4.09. The summed E-state index contributed by atoms with van der Waals surface area (Å²) < 4.78 is 0. The lowest BCUT2D eigenvalue weighted by molar-refractivity contribution is -0.130. The fourth-order valence-electron chi connectivity index (χ4n) is 2.09. The van der Waals surface area contributed by atoms with Crippen molar-refractivity contribution in [2.24, 2.45) is 0 Å². The predicted molar refractivity (Wildman–Crippen MR) is 75.9 cm³/mol. The van der Waals surface area contributed by atoms with Crippen molar-refractivity contribution in [1.82, 2.24) is 0 Å². The van der Waals surface area contributed by atoms with Gasteiger partial charge in [0.05, 0.1) is 0 Å². The van der Waals surface area contributed by atoms with Crippen LogP contribution in [0.1, 0.15) is 16.7 Å². The van der Waals surface area contributed by atoms with Crippen LogP contribution in [0.2, 0.25) is 0 Å². The first kappa shape index (κ1) is 12.9. The lowest BCUT2D eigenvalue weighted by Gasteiger charge is -2.07. The summed E-state index contributed by atoms with van der Waals surface area (Å²) in [5.41, 5.74) is 5.11. The number of hydrogen-bond donors (Lipinski definition) is 1. The molecule has 0 spiro atoms. The molecule has 94 valence electrons. The second kappa shape index (κ2) is 5.41. The van der Waals surface area contributed by atoms with E-state index in [9.17, 15) is 4.79 Å². The van der Waals surface area contributed by atoms with E-state index in [4.69, 9.17) is 5.11 Å². The molecule has 0 aliphatic carbocycles. The molecule has 0 unspecified atom stereocenters. The van der Waals surface area contributed by atoms with Crippen molar-refractivity contribution in [1.29, 1.82) is 0 Å². The highest BCUT2D eigenvalue weighted by atomic mass is 16.4. The fourth-order valence-corrected chi connectivity index (χ4v) is 2.09. The Bertz CT molecular complexity index is 668. The number of hydrogen-bond acceptors (Lipinski definition) is 1. The highest BCUT2D eigenvalue weighted by Crippen LogP contribution is 2.25. The maximum atomic E-state index is 10.6. The van der Waals surface area contributed by atoms with E-state index in [-0.39, 0.29) is 0 Å². The van der Waals surface area contributed by atoms with E-state index in [0.717, 1.165) is 16.7 Å². The molecule has 2 aromatic rings. The van der Waals surface area contributed by atoms with Crippen molar-refractivity contribution >= 4 is 5.97 Å². The molecule has 0 heterocycles. The molecule has 2 rings (SSSR count). The second-order valence-corrected chi connectivity index (χ2v) is 4.48. The third-order valence-corrected chi connectivity index (χ3v) is 2.76. The molecule has 0 aliphatic rings. The molecule has 19 heavy (non-hydrogen) atoms. The Morgan fingerprint density at radius 3 is 2.32 bits per heavy atom. The number of carboxylic acids is 1. The van der Waals surface area contributed by atoms with Crippen molar-refractivity contribution < 1.29 is 9.90 Å². The summed E-state index contributed by atoms with van der Waals surface area (Å²) >= 11 is 0. The Labute approximate surface area is 112 Å². The highest BCUT2D eigenvalue weighted by molar-refractivity contribution is 5.88. The Morgan fingerprint density at radius 2 is 1.68 bits per heavy atom. The van der Waals surface area contributed by atoms with Gasteiger partial charge >= 0.3 is 5.97 Å². The lowest BCUT2D eigenvalue weighted by Crippen LogP contribution is -1.90. The monoisotopic (exact) mass is 250 g/mol. The lowest BCUT2D eigenvalue weighted by atomic mass is 9.97. The molecule has 2 nitrogen and oxygen atoms in total. The highest BCUT2D eigenvalue weighted by Gasteiger charge is 2.04. The Hall–Kier alpha value is -2.53. The van der Waals surface area contributed by atoms with Crippen molar-refractivity contribution in [2.45, 2.75) is 13.8 Å². The number of carbonyl (C=O) groups is 1. The van der Waals surface area contributed by atoms with Gasteiger partial charge in [-0.25, -0.2) is 4.79 Å².